The lowest BCUT2D eigenvalue weighted by atomic mass is 10.1. The van der Waals surface area contributed by atoms with Gasteiger partial charge in [0.15, 0.2) is 23.0 Å². The number of para-hydroxylation sites is 2. The third kappa shape index (κ3) is 5.19. The average Bonchev–Trinajstić information content (AvgIpc) is 3.21. The third-order valence-corrected chi connectivity index (χ3v) is 5.43. The number of benzene rings is 2. The molecule has 0 aromatic heterocycles. The van der Waals surface area contributed by atoms with Crippen LogP contribution in [0.1, 0.15) is 30.9 Å². The van der Waals surface area contributed by atoms with Crippen molar-refractivity contribution in [2.24, 2.45) is 15.9 Å². The maximum absolute atomic E-state index is 12.3. The Bertz CT molecular complexity index is 932. The molecular weight excluding hydrogens is 412 g/mol. The number of carbonyl (C=O) groups excluding carboxylic acids is 1. The number of phenols is 2. The van der Waals surface area contributed by atoms with Crippen molar-refractivity contribution < 1.29 is 29.2 Å². The largest absolute Gasteiger partial charge is 0.504 e. The minimum atomic E-state index is -0.322. The van der Waals surface area contributed by atoms with E-state index in [1.54, 1.807) is 55.8 Å². The van der Waals surface area contributed by atoms with Gasteiger partial charge in [0.2, 0.25) is 0 Å². The normalized spacial score (nSPS) is 20.7. The number of phenolic OH excluding ortho intramolecular Hbond substituents is 2. The molecule has 3 rings (SSSR count). The number of rotatable bonds is 8. The molecule has 1 fully saturated rings. The summed E-state index contributed by atoms with van der Waals surface area (Å²) in [6, 6.07) is 9.71. The average molecular weight is 440 g/mol. The molecule has 1 aliphatic rings. The van der Waals surface area contributed by atoms with E-state index in [1.165, 1.54) is 14.2 Å². The Morgan fingerprint density at radius 2 is 1.41 bits per heavy atom. The first-order valence-corrected chi connectivity index (χ1v) is 10.4. The number of esters is 1. The van der Waals surface area contributed by atoms with Crippen molar-refractivity contribution in [3.05, 3.63) is 47.5 Å². The van der Waals surface area contributed by atoms with Crippen LogP contribution in [0.25, 0.3) is 0 Å². The summed E-state index contributed by atoms with van der Waals surface area (Å²) >= 11 is 0. The van der Waals surface area contributed by atoms with Gasteiger partial charge in [0.25, 0.3) is 0 Å². The van der Waals surface area contributed by atoms with Crippen molar-refractivity contribution in [3.63, 3.8) is 0 Å². The van der Waals surface area contributed by atoms with Gasteiger partial charge in [-0.05, 0) is 44.0 Å². The standard InChI is InChI=1S/C24H28N2O6/c1-4-32-24(29)17-11-18(25-13-15-7-5-9-20(30-2)22(15)27)19(12-17)26-14-16-8-6-10-21(31-3)23(16)28/h5-10,13-14,17-19,27-28H,4,11-12H2,1-3H3/t17?,18-,19+. The number of aromatic hydroxyl groups is 2. The first kappa shape index (κ1) is 23.1. The van der Waals surface area contributed by atoms with Crippen LogP contribution < -0.4 is 9.47 Å². The predicted molar refractivity (Wildman–Crippen MR) is 121 cm³/mol. The molecule has 0 amide bonds. The molecule has 0 saturated heterocycles. The quantitative estimate of drug-likeness (QED) is 0.481. The molecule has 2 N–H and O–H groups in total. The second kappa shape index (κ2) is 10.7. The summed E-state index contributed by atoms with van der Waals surface area (Å²) in [7, 11) is 2.96. The molecule has 1 saturated carbocycles. The topological polar surface area (TPSA) is 110 Å². The van der Waals surface area contributed by atoms with Crippen LogP contribution in [0.2, 0.25) is 0 Å². The van der Waals surface area contributed by atoms with E-state index in [9.17, 15) is 15.0 Å². The van der Waals surface area contributed by atoms with Gasteiger partial charge in [0.1, 0.15) is 0 Å². The predicted octanol–water partition coefficient (Wildman–Crippen LogP) is 3.36. The van der Waals surface area contributed by atoms with Crippen molar-refractivity contribution in [2.75, 3.05) is 20.8 Å². The first-order chi connectivity index (χ1) is 15.5. The molecule has 1 aliphatic carbocycles. The zero-order chi connectivity index (χ0) is 23.1. The highest BCUT2D eigenvalue weighted by Gasteiger charge is 2.38. The van der Waals surface area contributed by atoms with Crippen LogP contribution >= 0.6 is 0 Å². The van der Waals surface area contributed by atoms with E-state index in [0.717, 1.165) is 0 Å². The van der Waals surface area contributed by atoms with Crippen molar-refractivity contribution in [3.8, 4) is 23.0 Å². The molecule has 8 heteroatoms. The fourth-order valence-corrected chi connectivity index (χ4v) is 3.73. The Balaban J connectivity index is 1.85. The van der Waals surface area contributed by atoms with Gasteiger partial charge in [-0.1, -0.05) is 12.1 Å². The zero-order valence-corrected chi connectivity index (χ0v) is 18.4. The SMILES string of the molecule is CCOC(=O)C1C[C@H](N=Cc2cccc(OC)c2O)[C@H](N=Cc2cccc(OC)c2O)C1. The number of methoxy groups -OCH3 is 2. The second-order valence-electron chi connectivity index (χ2n) is 7.41. The van der Waals surface area contributed by atoms with Crippen LogP contribution in [0.3, 0.4) is 0 Å². The highest BCUT2D eigenvalue weighted by Crippen LogP contribution is 2.34. The molecule has 0 radical (unpaired) electrons. The molecular formula is C24H28N2O6. The van der Waals surface area contributed by atoms with Crippen molar-refractivity contribution in [2.45, 2.75) is 31.8 Å². The summed E-state index contributed by atoms with van der Waals surface area (Å²) in [6.45, 7) is 2.09. The van der Waals surface area contributed by atoms with Crippen molar-refractivity contribution in [1.29, 1.82) is 0 Å². The molecule has 0 spiro atoms. The lowest BCUT2D eigenvalue weighted by Crippen LogP contribution is -2.16. The molecule has 0 heterocycles. The number of aliphatic imine (C=N–C) groups is 2. The Morgan fingerprint density at radius 3 is 1.81 bits per heavy atom. The fourth-order valence-electron chi connectivity index (χ4n) is 3.73. The van der Waals surface area contributed by atoms with Crippen molar-refractivity contribution in [1.82, 2.24) is 0 Å². The zero-order valence-electron chi connectivity index (χ0n) is 18.4. The van der Waals surface area contributed by atoms with Gasteiger partial charge in [-0.15, -0.1) is 0 Å². The van der Waals surface area contributed by atoms with Crippen LogP contribution in [0.5, 0.6) is 23.0 Å². The Morgan fingerprint density at radius 1 is 0.938 bits per heavy atom. The van der Waals surface area contributed by atoms with E-state index >= 15 is 0 Å². The van der Waals surface area contributed by atoms with E-state index in [-0.39, 0.29) is 35.5 Å². The Kier molecular flexibility index (Phi) is 7.70. The molecule has 0 aliphatic heterocycles. The van der Waals surface area contributed by atoms with Gasteiger partial charge in [-0.2, -0.15) is 0 Å². The van der Waals surface area contributed by atoms with E-state index in [1.807, 2.05) is 0 Å². The number of ether oxygens (including phenoxy) is 3. The molecule has 8 nitrogen and oxygen atoms in total. The summed E-state index contributed by atoms with van der Waals surface area (Å²) in [5.74, 6) is 0.122. The van der Waals surface area contributed by atoms with E-state index in [4.69, 9.17) is 14.2 Å². The maximum atomic E-state index is 12.3. The van der Waals surface area contributed by atoms with Crippen LogP contribution in [-0.2, 0) is 9.53 Å². The summed E-state index contributed by atoms with van der Waals surface area (Å²) in [6.07, 6.45) is 4.10. The summed E-state index contributed by atoms with van der Waals surface area (Å²) in [5, 5.41) is 20.6. The van der Waals surface area contributed by atoms with Gasteiger partial charge < -0.3 is 24.4 Å². The molecule has 1 unspecified atom stereocenters. The number of carbonyl (C=O) groups is 1. The van der Waals surface area contributed by atoms with Crippen LogP contribution in [0.4, 0.5) is 0 Å². The first-order valence-electron chi connectivity index (χ1n) is 10.4. The number of hydrogen-bond donors (Lipinski definition) is 2. The van der Waals surface area contributed by atoms with Crippen molar-refractivity contribution >= 4 is 18.4 Å². The Hall–Kier alpha value is -3.55. The minimum Gasteiger partial charge on any atom is -0.504 e. The molecule has 2 aromatic carbocycles. The van der Waals surface area contributed by atoms with Gasteiger partial charge in [-0.3, -0.25) is 14.8 Å². The van der Waals surface area contributed by atoms with Crippen LogP contribution in [0.15, 0.2) is 46.4 Å². The monoisotopic (exact) mass is 440 g/mol. The van der Waals surface area contributed by atoms with Crippen LogP contribution in [-0.4, -0.2) is 61.5 Å². The smallest absolute Gasteiger partial charge is 0.309 e. The van der Waals surface area contributed by atoms with Crippen LogP contribution in [0, 0.1) is 5.92 Å². The van der Waals surface area contributed by atoms with E-state index in [2.05, 4.69) is 9.98 Å². The second-order valence-corrected chi connectivity index (χ2v) is 7.41. The fraction of sp³-hybridized carbons (Fsp3) is 0.375. The Labute approximate surface area is 187 Å². The summed E-state index contributed by atoms with van der Waals surface area (Å²) in [4.78, 5) is 21.6. The molecule has 2 aromatic rings. The van der Waals surface area contributed by atoms with E-state index < -0.39 is 0 Å². The maximum Gasteiger partial charge on any atom is 0.309 e. The summed E-state index contributed by atoms with van der Waals surface area (Å²) in [5.41, 5.74) is 1.02. The molecule has 32 heavy (non-hydrogen) atoms. The number of nitrogens with zero attached hydrogens (tertiary/aromatic N) is 2. The van der Waals surface area contributed by atoms with Gasteiger partial charge in [0, 0.05) is 23.6 Å². The van der Waals surface area contributed by atoms with E-state index in [0.29, 0.717) is 42.1 Å². The highest BCUT2D eigenvalue weighted by atomic mass is 16.5. The lowest BCUT2D eigenvalue weighted by molar-refractivity contribution is -0.147. The highest BCUT2D eigenvalue weighted by molar-refractivity contribution is 5.86. The van der Waals surface area contributed by atoms with Gasteiger partial charge >= 0.3 is 5.97 Å². The summed E-state index contributed by atoms with van der Waals surface area (Å²) < 4.78 is 15.5. The molecule has 3 atom stereocenters. The third-order valence-electron chi connectivity index (χ3n) is 5.43. The van der Waals surface area contributed by atoms with Gasteiger partial charge in [-0.25, -0.2) is 0 Å². The molecule has 0 bridgehead atoms. The minimum absolute atomic E-state index is 0.0000406. The van der Waals surface area contributed by atoms with Gasteiger partial charge in [0.05, 0.1) is 38.8 Å². The lowest BCUT2D eigenvalue weighted by Gasteiger charge is -2.12. The molecule has 170 valence electrons. The number of hydrogen-bond acceptors (Lipinski definition) is 8.